The molecule has 1 unspecified atom stereocenters. The monoisotopic (exact) mass is 511 g/mol. The Hall–Kier alpha value is -3.80. The highest BCUT2D eigenvalue weighted by Gasteiger charge is 2.49. The Morgan fingerprint density at radius 1 is 1.17 bits per heavy atom. The van der Waals surface area contributed by atoms with Crippen molar-refractivity contribution < 1.29 is 13.6 Å². The van der Waals surface area contributed by atoms with Gasteiger partial charge in [-0.15, -0.1) is 0 Å². The Balaban J connectivity index is 1.39. The van der Waals surface area contributed by atoms with E-state index in [1.54, 1.807) is 25.3 Å². The van der Waals surface area contributed by atoms with Crippen molar-refractivity contribution in [2.45, 2.75) is 43.9 Å². The van der Waals surface area contributed by atoms with E-state index in [0.29, 0.717) is 51.7 Å². The van der Waals surface area contributed by atoms with E-state index in [1.807, 2.05) is 0 Å². The lowest BCUT2D eigenvalue weighted by Crippen LogP contribution is -2.35. The van der Waals surface area contributed by atoms with Gasteiger partial charge in [-0.05, 0) is 31.4 Å². The molecule has 4 N–H and O–H groups in total. The molecule has 184 valence electrons. The van der Waals surface area contributed by atoms with Crippen LogP contribution in [0.4, 0.5) is 20.4 Å². The van der Waals surface area contributed by atoms with Crippen molar-refractivity contribution >= 4 is 40.2 Å². The van der Waals surface area contributed by atoms with Crippen LogP contribution in [-0.2, 0) is 16.6 Å². The summed E-state index contributed by atoms with van der Waals surface area (Å²) in [7, 11) is 0. The van der Waals surface area contributed by atoms with E-state index >= 15 is 0 Å². The van der Waals surface area contributed by atoms with E-state index in [0.717, 1.165) is 0 Å². The van der Waals surface area contributed by atoms with Crippen molar-refractivity contribution in [3.63, 3.8) is 0 Å². The zero-order chi connectivity index (χ0) is 25.2. The van der Waals surface area contributed by atoms with E-state index < -0.39 is 11.3 Å². The number of H-pyrrole nitrogens is 1. The normalized spacial score (nSPS) is 20.8. The zero-order valence-electron chi connectivity index (χ0n) is 19.0. The molecule has 0 bridgehead atoms. The molecule has 13 heteroatoms. The number of halogens is 3. The van der Waals surface area contributed by atoms with Gasteiger partial charge in [-0.2, -0.15) is 5.10 Å². The number of rotatable bonds is 5. The summed E-state index contributed by atoms with van der Waals surface area (Å²) in [5.41, 5.74) is 6.89. The molecule has 4 aromatic rings. The number of anilines is 2. The third kappa shape index (κ3) is 3.55. The number of hydrogen-bond acceptors (Lipinski definition) is 8. The number of aromatic nitrogens is 7. The zero-order valence-corrected chi connectivity index (χ0v) is 19.8. The molecule has 1 atom stereocenters. The molecule has 2 aliphatic rings. The number of hydrogen-bond donors (Lipinski definition) is 3. The van der Waals surface area contributed by atoms with E-state index in [4.69, 9.17) is 17.3 Å². The van der Waals surface area contributed by atoms with Gasteiger partial charge in [-0.25, -0.2) is 28.7 Å². The number of nitrogens with one attached hydrogen (secondary N) is 2. The van der Waals surface area contributed by atoms with Crippen molar-refractivity contribution in [2.75, 3.05) is 11.1 Å². The van der Waals surface area contributed by atoms with Crippen LogP contribution in [0.5, 0.6) is 0 Å². The molecule has 6 rings (SSSR count). The maximum absolute atomic E-state index is 13.2. The minimum absolute atomic E-state index is 0.0641. The summed E-state index contributed by atoms with van der Waals surface area (Å²) in [6.45, 7) is 1.70. The lowest BCUT2D eigenvalue weighted by atomic mass is 9.78. The lowest BCUT2D eigenvalue weighted by molar-refractivity contribution is -0.119. The van der Waals surface area contributed by atoms with E-state index in [2.05, 4.69) is 40.4 Å². The average molecular weight is 512 g/mol. The van der Waals surface area contributed by atoms with E-state index in [1.165, 1.54) is 6.20 Å². The average Bonchev–Trinajstić information content (AvgIpc) is 3.39. The number of carbonyl (C=O) groups excluding carboxylic acids is 1. The fourth-order valence-electron chi connectivity index (χ4n) is 4.92. The largest absolute Gasteiger partial charge is 0.383 e. The molecule has 1 aliphatic carbocycles. The quantitative estimate of drug-likeness (QED) is 0.367. The van der Waals surface area contributed by atoms with Crippen molar-refractivity contribution in [1.82, 2.24) is 35.1 Å². The topological polar surface area (TPSA) is 148 Å². The van der Waals surface area contributed by atoms with Gasteiger partial charge in [0.25, 0.3) is 0 Å². The number of amides is 1. The second kappa shape index (κ2) is 7.85. The summed E-state index contributed by atoms with van der Waals surface area (Å²) in [5.74, 6) is -1.98. The molecule has 0 radical (unpaired) electrons. The number of aromatic amines is 1. The molecule has 1 amide bonds. The predicted molar refractivity (Wildman–Crippen MR) is 127 cm³/mol. The van der Waals surface area contributed by atoms with E-state index in [9.17, 15) is 13.6 Å². The van der Waals surface area contributed by atoms with E-state index in [-0.39, 0.29) is 42.1 Å². The number of alkyl halides is 2. The Kier molecular flexibility index (Phi) is 4.94. The van der Waals surface area contributed by atoms with Crippen LogP contribution in [-0.4, -0.2) is 46.9 Å². The Bertz CT molecular complexity index is 1520. The predicted octanol–water partition coefficient (Wildman–Crippen LogP) is 3.68. The fourth-order valence-corrected chi connectivity index (χ4v) is 5.03. The first-order valence-corrected chi connectivity index (χ1v) is 11.7. The molecule has 0 spiro atoms. The van der Waals surface area contributed by atoms with Gasteiger partial charge in [-0.3, -0.25) is 14.9 Å². The summed E-state index contributed by atoms with van der Waals surface area (Å²) in [6, 6.07) is 3.31. The maximum Gasteiger partial charge on any atom is 0.248 e. The molecule has 5 heterocycles. The fraction of sp³-hybridized carbons (Fsp3) is 0.348. The van der Waals surface area contributed by atoms with Gasteiger partial charge in [0.15, 0.2) is 11.5 Å². The highest BCUT2D eigenvalue weighted by molar-refractivity contribution is 6.30. The smallest absolute Gasteiger partial charge is 0.248 e. The first-order valence-electron chi connectivity index (χ1n) is 11.3. The number of nitrogen functional groups attached to an aromatic ring is 1. The highest BCUT2D eigenvalue weighted by atomic mass is 35.5. The van der Waals surface area contributed by atoms with Crippen LogP contribution in [0.3, 0.4) is 0 Å². The minimum Gasteiger partial charge on any atom is -0.383 e. The molecule has 1 aliphatic heterocycles. The van der Waals surface area contributed by atoms with Crippen molar-refractivity contribution in [3.05, 3.63) is 46.6 Å². The third-order valence-electron chi connectivity index (χ3n) is 6.88. The molecular formula is C23H20ClF2N9O. The Morgan fingerprint density at radius 2 is 1.97 bits per heavy atom. The second-order valence-electron chi connectivity index (χ2n) is 9.39. The second-order valence-corrected chi connectivity index (χ2v) is 9.82. The van der Waals surface area contributed by atoms with Crippen LogP contribution in [0.25, 0.3) is 22.6 Å². The number of fused-ring (bicyclic) bond motifs is 2. The van der Waals surface area contributed by atoms with Gasteiger partial charge in [0, 0.05) is 25.5 Å². The summed E-state index contributed by atoms with van der Waals surface area (Å²) >= 11 is 5.97. The molecule has 10 nitrogen and oxygen atoms in total. The third-order valence-corrected chi connectivity index (χ3v) is 7.10. The molecule has 4 aromatic heterocycles. The molecule has 1 fully saturated rings. The summed E-state index contributed by atoms with van der Waals surface area (Å²) in [4.78, 5) is 35.6. The number of pyridine rings is 1. The van der Waals surface area contributed by atoms with Crippen molar-refractivity contribution in [1.29, 1.82) is 0 Å². The highest BCUT2D eigenvalue weighted by Crippen LogP contribution is 2.45. The van der Waals surface area contributed by atoms with Gasteiger partial charge in [0.1, 0.15) is 28.6 Å². The molecule has 1 saturated carbocycles. The molecule has 0 saturated heterocycles. The van der Waals surface area contributed by atoms with Gasteiger partial charge in [0.05, 0.1) is 27.9 Å². The summed E-state index contributed by atoms with van der Waals surface area (Å²) in [5, 5.41) is 10.7. The first kappa shape index (κ1) is 22.7. The minimum atomic E-state index is -2.57. The van der Waals surface area contributed by atoms with Crippen LogP contribution in [0.15, 0.2) is 24.5 Å². The van der Waals surface area contributed by atoms with Gasteiger partial charge in [-0.1, -0.05) is 11.6 Å². The van der Waals surface area contributed by atoms with Crippen LogP contribution in [0.2, 0.25) is 5.02 Å². The maximum atomic E-state index is 13.2. The Labute approximate surface area is 208 Å². The number of aryl methyl sites for hydroxylation is 1. The van der Waals surface area contributed by atoms with Crippen molar-refractivity contribution in [3.8, 4) is 11.5 Å². The molecular weight excluding hydrogens is 492 g/mol. The lowest BCUT2D eigenvalue weighted by Gasteiger charge is -2.34. The molecule has 36 heavy (non-hydrogen) atoms. The van der Waals surface area contributed by atoms with Gasteiger partial charge >= 0.3 is 0 Å². The van der Waals surface area contributed by atoms with Gasteiger partial charge < -0.3 is 11.1 Å². The van der Waals surface area contributed by atoms with Gasteiger partial charge in [0.2, 0.25) is 11.8 Å². The number of carbonyl (C=O) groups is 1. The standard InChI is InChI=1S/C23H20ClF2N9O/c1-22(13-4-3-11(24)8-28-13)15-17(27)32-20(33-19(15)34-21(22)36)16-12-9-29-35-18(12)31-14(30-16)5-2-10-6-23(25,26)7-10/h3-4,8-10H,2,5-7H2,1H3,(H,29,30,31,35)(H3,27,32,33,34,36). The summed E-state index contributed by atoms with van der Waals surface area (Å²) in [6.07, 6.45) is 3.75. The van der Waals surface area contributed by atoms with Crippen LogP contribution in [0.1, 0.15) is 43.3 Å². The van der Waals surface area contributed by atoms with Crippen molar-refractivity contribution in [2.24, 2.45) is 5.92 Å². The Morgan fingerprint density at radius 3 is 2.69 bits per heavy atom. The van der Waals surface area contributed by atoms with Crippen LogP contribution < -0.4 is 11.1 Å². The number of nitrogens with two attached hydrogens (primary N) is 1. The van der Waals surface area contributed by atoms with Crippen LogP contribution in [0, 0.1) is 5.92 Å². The summed E-state index contributed by atoms with van der Waals surface area (Å²) < 4.78 is 26.4. The SMILES string of the molecule is CC1(c2ccc(Cl)cn2)C(=O)Nc2nc(-c3nc(CCC4CC(F)(F)C4)nc4[nH]ncc34)nc(N)c21. The van der Waals surface area contributed by atoms with Crippen LogP contribution >= 0.6 is 11.6 Å². The first-order chi connectivity index (χ1) is 17.1. The number of nitrogens with zero attached hydrogens (tertiary/aromatic N) is 6. The molecule has 0 aromatic carbocycles.